The Bertz CT molecular complexity index is 1240. The Kier molecular flexibility index (Phi) is 6.73. The molecule has 1 N–H and O–H groups in total. The molecule has 1 aromatic heterocycles. The van der Waals surface area contributed by atoms with Crippen LogP contribution in [0.1, 0.15) is 71.6 Å². The Hall–Kier alpha value is -2.19. The minimum atomic E-state index is -0.553. The number of rotatable bonds is 7. The highest BCUT2D eigenvalue weighted by Crippen LogP contribution is 2.68. The van der Waals surface area contributed by atoms with Crippen molar-refractivity contribution in [1.29, 1.82) is 0 Å². The van der Waals surface area contributed by atoms with Gasteiger partial charge >= 0.3 is 0 Å². The number of nitrogens with zero attached hydrogens (tertiary/aromatic N) is 3. The lowest BCUT2D eigenvalue weighted by Gasteiger charge is -2.62. The molecule has 1 heterocycles. The van der Waals surface area contributed by atoms with Gasteiger partial charge in [-0.25, -0.2) is 4.68 Å². The van der Waals surface area contributed by atoms with Gasteiger partial charge in [0, 0.05) is 25.2 Å². The lowest BCUT2D eigenvalue weighted by atomic mass is 9.43. The van der Waals surface area contributed by atoms with Crippen molar-refractivity contribution in [3.8, 4) is 11.5 Å². The smallest absolute Gasteiger partial charge is 0.157 e. The summed E-state index contributed by atoms with van der Waals surface area (Å²) < 4.78 is 18.6. The molecular formula is C31H45N3O5. The summed E-state index contributed by atoms with van der Waals surface area (Å²) in [6.07, 6.45) is 9.51. The summed E-state index contributed by atoms with van der Waals surface area (Å²) in [5.41, 5.74) is 1.04. The molecule has 6 rings (SSSR count). The zero-order chi connectivity index (χ0) is 27.6. The SMILES string of the molecule is COC[C@]12CC[C@@](C)(O)C[C@@H]1CC[C@H]1[C@@H]3CC[C@H](C(=O)Cn4nnc5c(OC)cc(OC)cc54)[C@@]3(C)CC[C@@H]12. The molecule has 2 aromatic rings. The van der Waals surface area contributed by atoms with Crippen molar-refractivity contribution in [3.05, 3.63) is 12.1 Å². The highest BCUT2D eigenvalue weighted by atomic mass is 16.5. The van der Waals surface area contributed by atoms with E-state index < -0.39 is 5.60 Å². The van der Waals surface area contributed by atoms with Gasteiger partial charge in [-0.3, -0.25) is 4.79 Å². The van der Waals surface area contributed by atoms with Gasteiger partial charge in [0.25, 0.3) is 0 Å². The highest BCUT2D eigenvalue weighted by molar-refractivity contribution is 5.86. The number of ether oxygens (including phenoxy) is 3. The molecule has 0 spiro atoms. The number of carbonyl (C=O) groups is 1. The number of ketones is 1. The summed E-state index contributed by atoms with van der Waals surface area (Å²) >= 11 is 0. The first-order valence-electron chi connectivity index (χ1n) is 14.8. The van der Waals surface area contributed by atoms with Crippen molar-refractivity contribution in [2.75, 3.05) is 27.9 Å². The summed E-state index contributed by atoms with van der Waals surface area (Å²) in [6, 6.07) is 3.67. The van der Waals surface area contributed by atoms with Crippen molar-refractivity contribution in [1.82, 2.24) is 15.0 Å². The number of aromatic nitrogens is 3. The second-order valence-corrected chi connectivity index (χ2v) is 13.6. The normalized spacial score (nSPS) is 39.6. The van der Waals surface area contributed by atoms with E-state index in [0.717, 1.165) is 57.1 Å². The average Bonchev–Trinajstić information content (AvgIpc) is 3.48. The number of carbonyl (C=O) groups excluding carboxylic acids is 1. The van der Waals surface area contributed by atoms with Crippen LogP contribution in [0.25, 0.3) is 11.0 Å². The van der Waals surface area contributed by atoms with Gasteiger partial charge in [-0.05, 0) is 99.2 Å². The number of hydrogen-bond donors (Lipinski definition) is 1. The van der Waals surface area contributed by atoms with E-state index in [2.05, 4.69) is 17.2 Å². The van der Waals surface area contributed by atoms with Crippen molar-refractivity contribution >= 4 is 16.8 Å². The van der Waals surface area contributed by atoms with Gasteiger partial charge in [-0.1, -0.05) is 12.1 Å². The third kappa shape index (κ3) is 4.19. The zero-order valence-electron chi connectivity index (χ0n) is 24.2. The molecule has 4 aliphatic carbocycles. The number of benzene rings is 1. The molecule has 8 nitrogen and oxygen atoms in total. The fourth-order valence-electron chi connectivity index (χ4n) is 9.97. The maximum Gasteiger partial charge on any atom is 0.157 e. The maximum absolute atomic E-state index is 14.0. The molecule has 0 amide bonds. The molecule has 39 heavy (non-hydrogen) atoms. The van der Waals surface area contributed by atoms with Gasteiger partial charge in [-0.15, -0.1) is 5.10 Å². The van der Waals surface area contributed by atoms with Crippen LogP contribution in [0.3, 0.4) is 0 Å². The van der Waals surface area contributed by atoms with E-state index in [0.29, 0.717) is 40.7 Å². The summed E-state index contributed by atoms with van der Waals surface area (Å²) in [5, 5.41) is 19.6. The van der Waals surface area contributed by atoms with E-state index in [1.165, 1.54) is 12.8 Å². The standard InChI is InChI=1S/C31H45N3O5/c1-29(36)12-13-31(18-37-3)19(16-29)6-7-21-22-8-9-24(30(22,2)11-10-23(21)31)26(35)17-34-25-14-20(38-4)15-27(39-5)28(25)32-33-34/h14-15,19,21-24,36H,6-13,16-18H2,1-5H3/t19-,21-,22-,23-,24+,29+,30-,31+/m0/s1. The van der Waals surface area contributed by atoms with Gasteiger partial charge in [-0.2, -0.15) is 0 Å². The Morgan fingerprint density at radius 2 is 1.85 bits per heavy atom. The quantitative estimate of drug-likeness (QED) is 0.526. The lowest BCUT2D eigenvalue weighted by Crippen LogP contribution is -2.58. The molecule has 0 radical (unpaired) electrons. The maximum atomic E-state index is 14.0. The highest BCUT2D eigenvalue weighted by Gasteiger charge is 2.63. The van der Waals surface area contributed by atoms with Crippen molar-refractivity contribution < 1.29 is 24.1 Å². The molecule has 0 bridgehead atoms. The number of fused-ring (bicyclic) bond motifs is 6. The third-order valence-corrected chi connectivity index (χ3v) is 11.8. The van der Waals surface area contributed by atoms with Gasteiger partial charge in [0.15, 0.2) is 17.0 Å². The zero-order valence-corrected chi connectivity index (χ0v) is 24.2. The molecule has 0 unspecified atom stereocenters. The first-order valence-corrected chi connectivity index (χ1v) is 14.8. The molecule has 4 saturated carbocycles. The fraction of sp³-hybridized carbons (Fsp3) is 0.774. The minimum absolute atomic E-state index is 0.0191. The molecule has 4 aliphatic rings. The molecule has 0 saturated heterocycles. The van der Waals surface area contributed by atoms with Crippen LogP contribution < -0.4 is 9.47 Å². The van der Waals surface area contributed by atoms with E-state index in [-0.39, 0.29) is 29.1 Å². The van der Waals surface area contributed by atoms with Crippen LogP contribution in [0.15, 0.2) is 12.1 Å². The Morgan fingerprint density at radius 1 is 1.03 bits per heavy atom. The topological polar surface area (TPSA) is 95.7 Å². The van der Waals surface area contributed by atoms with Crippen LogP contribution in [0.5, 0.6) is 11.5 Å². The van der Waals surface area contributed by atoms with Gasteiger partial charge in [0.05, 0.1) is 31.9 Å². The van der Waals surface area contributed by atoms with E-state index in [1.54, 1.807) is 25.0 Å². The van der Waals surface area contributed by atoms with Crippen LogP contribution in [0, 0.1) is 40.4 Å². The van der Waals surface area contributed by atoms with Gasteiger partial charge in [0.1, 0.15) is 12.3 Å². The fourth-order valence-corrected chi connectivity index (χ4v) is 9.97. The van der Waals surface area contributed by atoms with Gasteiger partial charge < -0.3 is 19.3 Å². The monoisotopic (exact) mass is 539 g/mol. The van der Waals surface area contributed by atoms with E-state index in [4.69, 9.17) is 14.2 Å². The number of methoxy groups -OCH3 is 3. The van der Waals surface area contributed by atoms with Crippen LogP contribution in [-0.2, 0) is 16.1 Å². The summed E-state index contributed by atoms with van der Waals surface area (Å²) in [7, 11) is 5.07. The molecule has 0 aliphatic heterocycles. The second-order valence-electron chi connectivity index (χ2n) is 13.6. The van der Waals surface area contributed by atoms with Crippen LogP contribution >= 0.6 is 0 Å². The predicted molar refractivity (Wildman–Crippen MR) is 148 cm³/mol. The number of hydrogen-bond acceptors (Lipinski definition) is 7. The third-order valence-electron chi connectivity index (χ3n) is 11.8. The molecule has 214 valence electrons. The minimum Gasteiger partial charge on any atom is -0.497 e. The molecule has 8 atom stereocenters. The largest absolute Gasteiger partial charge is 0.497 e. The number of Topliss-reactive ketones (excluding diaryl/α,β-unsaturated/α-hetero) is 1. The predicted octanol–water partition coefficient (Wildman–Crippen LogP) is 5.05. The molecule has 1 aromatic carbocycles. The molecule has 8 heteroatoms. The lowest BCUT2D eigenvalue weighted by molar-refractivity contribution is -0.175. The second kappa shape index (κ2) is 9.72. The Balaban J connectivity index is 1.24. The van der Waals surface area contributed by atoms with Crippen molar-refractivity contribution in [2.24, 2.45) is 40.4 Å². The van der Waals surface area contributed by atoms with E-state index in [1.807, 2.05) is 20.1 Å². The van der Waals surface area contributed by atoms with Gasteiger partial charge in [0.2, 0.25) is 0 Å². The van der Waals surface area contributed by atoms with Crippen LogP contribution in [0.2, 0.25) is 0 Å². The average molecular weight is 540 g/mol. The first kappa shape index (κ1) is 27.0. The van der Waals surface area contributed by atoms with Crippen molar-refractivity contribution in [3.63, 3.8) is 0 Å². The van der Waals surface area contributed by atoms with E-state index >= 15 is 0 Å². The summed E-state index contributed by atoms with van der Waals surface area (Å²) in [6.45, 7) is 5.44. The molecular weight excluding hydrogens is 494 g/mol. The Labute approximate surface area is 231 Å². The molecule has 4 fully saturated rings. The summed E-state index contributed by atoms with van der Waals surface area (Å²) in [5.74, 6) is 3.91. The van der Waals surface area contributed by atoms with E-state index in [9.17, 15) is 9.90 Å². The van der Waals surface area contributed by atoms with Crippen LogP contribution in [0.4, 0.5) is 0 Å². The number of aliphatic hydroxyl groups is 1. The van der Waals surface area contributed by atoms with Crippen LogP contribution in [-0.4, -0.2) is 59.4 Å². The summed E-state index contributed by atoms with van der Waals surface area (Å²) in [4.78, 5) is 14.0. The first-order chi connectivity index (χ1) is 18.7. The Morgan fingerprint density at radius 3 is 2.59 bits per heavy atom. The van der Waals surface area contributed by atoms with Crippen molar-refractivity contribution in [2.45, 2.75) is 83.8 Å².